The zero-order valence-corrected chi connectivity index (χ0v) is 21.3. The maximum atomic E-state index is 13.4. The highest BCUT2D eigenvalue weighted by Crippen LogP contribution is 2.40. The van der Waals surface area contributed by atoms with Crippen molar-refractivity contribution < 1.29 is 14.3 Å². The molecule has 0 fully saturated rings. The first-order valence-corrected chi connectivity index (χ1v) is 14.0. The molecular formula is C26H31N3O3S2. The van der Waals surface area contributed by atoms with Gasteiger partial charge in [0.15, 0.2) is 0 Å². The minimum atomic E-state index is -0.358. The summed E-state index contributed by atoms with van der Waals surface area (Å²) in [4.78, 5) is 33.6. The third-order valence-electron chi connectivity index (χ3n) is 6.83. The molecule has 180 valence electrons. The first-order valence-electron chi connectivity index (χ1n) is 12.4. The zero-order valence-electron chi connectivity index (χ0n) is 19.6. The molecule has 34 heavy (non-hydrogen) atoms. The Hall–Kier alpha value is -2.45. The lowest BCUT2D eigenvalue weighted by Crippen LogP contribution is -2.15. The molecule has 3 aromatic heterocycles. The fourth-order valence-corrected chi connectivity index (χ4v) is 7.36. The standard InChI is InChI=1S/C26H31N3O3S2/c1-2-32-26(31)20-16-11-7-5-9-13-19(16)33-25(20)29-23(30)22-21(27)17-14-15-10-6-3-4-8-12-18(15)28-24(17)34-22/h14H,2-13,27H2,1H3,(H,29,30). The summed E-state index contributed by atoms with van der Waals surface area (Å²) in [6.45, 7) is 2.10. The lowest BCUT2D eigenvalue weighted by molar-refractivity contribution is 0.0527. The quantitative estimate of drug-likeness (QED) is 0.326. The second kappa shape index (κ2) is 10.0. The van der Waals surface area contributed by atoms with E-state index in [0.717, 1.165) is 79.3 Å². The Kier molecular flexibility index (Phi) is 6.88. The molecule has 0 radical (unpaired) electrons. The number of hydrogen-bond acceptors (Lipinski definition) is 7. The minimum absolute atomic E-state index is 0.283. The van der Waals surface area contributed by atoms with E-state index < -0.39 is 0 Å². The van der Waals surface area contributed by atoms with Crippen molar-refractivity contribution in [3.8, 4) is 0 Å². The van der Waals surface area contributed by atoms with Crippen molar-refractivity contribution in [2.45, 2.75) is 77.6 Å². The van der Waals surface area contributed by atoms with Gasteiger partial charge in [-0.1, -0.05) is 19.3 Å². The summed E-state index contributed by atoms with van der Waals surface area (Å²) < 4.78 is 5.35. The number of carbonyl (C=O) groups excluding carboxylic acids is 2. The fourth-order valence-electron chi connectivity index (χ4n) is 5.09. The lowest BCUT2D eigenvalue weighted by atomic mass is 9.96. The van der Waals surface area contributed by atoms with Crippen LogP contribution in [0.25, 0.3) is 10.2 Å². The molecule has 3 N–H and O–H groups in total. The number of anilines is 2. The summed E-state index contributed by atoms with van der Waals surface area (Å²) in [6.07, 6.45) is 11.9. The van der Waals surface area contributed by atoms with Crippen molar-refractivity contribution in [1.82, 2.24) is 4.98 Å². The Balaban J connectivity index is 1.49. The van der Waals surface area contributed by atoms with Crippen LogP contribution in [0.15, 0.2) is 6.07 Å². The molecule has 2 aliphatic rings. The van der Waals surface area contributed by atoms with Crippen molar-refractivity contribution in [2.24, 2.45) is 0 Å². The fraction of sp³-hybridized carbons (Fsp3) is 0.500. The Bertz CT molecular complexity index is 1240. The second-order valence-electron chi connectivity index (χ2n) is 9.15. The summed E-state index contributed by atoms with van der Waals surface area (Å²) >= 11 is 2.84. The Morgan fingerprint density at radius 3 is 2.59 bits per heavy atom. The van der Waals surface area contributed by atoms with E-state index in [1.165, 1.54) is 46.0 Å². The highest BCUT2D eigenvalue weighted by molar-refractivity contribution is 7.21. The van der Waals surface area contributed by atoms with Gasteiger partial charge in [0.1, 0.15) is 14.7 Å². The van der Waals surface area contributed by atoms with E-state index in [1.807, 2.05) is 0 Å². The van der Waals surface area contributed by atoms with Crippen LogP contribution in [0.4, 0.5) is 10.7 Å². The first-order chi connectivity index (χ1) is 16.6. The number of nitrogens with two attached hydrogens (primary N) is 1. The highest BCUT2D eigenvalue weighted by atomic mass is 32.1. The third kappa shape index (κ3) is 4.45. The van der Waals surface area contributed by atoms with Crippen LogP contribution >= 0.6 is 22.7 Å². The van der Waals surface area contributed by atoms with E-state index in [1.54, 1.807) is 6.92 Å². The number of fused-ring (bicyclic) bond motifs is 3. The van der Waals surface area contributed by atoms with E-state index in [9.17, 15) is 9.59 Å². The Morgan fingerprint density at radius 1 is 1.03 bits per heavy atom. The number of aromatic nitrogens is 1. The average Bonchev–Trinajstić information content (AvgIpc) is 3.20. The molecule has 0 saturated heterocycles. The number of esters is 1. The molecule has 0 aliphatic heterocycles. The summed E-state index contributed by atoms with van der Waals surface area (Å²) in [5.74, 6) is -0.641. The number of rotatable bonds is 4. The molecule has 1 amide bonds. The predicted molar refractivity (Wildman–Crippen MR) is 139 cm³/mol. The van der Waals surface area contributed by atoms with Crippen LogP contribution in [0.2, 0.25) is 0 Å². The van der Waals surface area contributed by atoms with Gasteiger partial charge in [-0.3, -0.25) is 4.79 Å². The topological polar surface area (TPSA) is 94.3 Å². The van der Waals surface area contributed by atoms with Crippen LogP contribution in [-0.4, -0.2) is 23.5 Å². The lowest BCUT2D eigenvalue weighted by Gasteiger charge is -2.12. The average molecular weight is 498 g/mol. The van der Waals surface area contributed by atoms with Gasteiger partial charge in [-0.2, -0.15) is 0 Å². The maximum absolute atomic E-state index is 13.4. The number of hydrogen-bond donors (Lipinski definition) is 2. The molecule has 0 spiro atoms. The maximum Gasteiger partial charge on any atom is 0.341 e. The smallest absolute Gasteiger partial charge is 0.341 e. The van der Waals surface area contributed by atoms with Crippen molar-refractivity contribution >= 4 is 55.5 Å². The zero-order chi connectivity index (χ0) is 23.7. The van der Waals surface area contributed by atoms with E-state index in [-0.39, 0.29) is 11.9 Å². The normalized spacial score (nSPS) is 16.1. The molecule has 3 heterocycles. The van der Waals surface area contributed by atoms with Gasteiger partial charge < -0.3 is 15.8 Å². The SMILES string of the molecule is CCOC(=O)c1c(NC(=O)c2sc3nc4c(cc3c2N)CCCCCC4)sc2c1CCCCC2. The van der Waals surface area contributed by atoms with Crippen LogP contribution in [0, 0.1) is 0 Å². The van der Waals surface area contributed by atoms with E-state index in [4.69, 9.17) is 15.5 Å². The monoisotopic (exact) mass is 497 g/mol. The molecule has 0 aromatic carbocycles. The van der Waals surface area contributed by atoms with Gasteiger partial charge in [-0.05, 0) is 75.5 Å². The molecule has 0 bridgehead atoms. The van der Waals surface area contributed by atoms with E-state index in [0.29, 0.717) is 27.7 Å². The molecule has 0 atom stereocenters. The summed E-state index contributed by atoms with van der Waals surface area (Å²) in [5, 5.41) is 4.46. The number of ether oxygens (including phenoxy) is 1. The molecule has 8 heteroatoms. The van der Waals surface area contributed by atoms with Gasteiger partial charge >= 0.3 is 5.97 Å². The van der Waals surface area contributed by atoms with Gasteiger partial charge in [-0.25, -0.2) is 9.78 Å². The van der Waals surface area contributed by atoms with Crippen LogP contribution in [0.5, 0.6) is 0 Å². The number of nitrogen functional groups attached to an aromatic ring is 1. The largest absolute Gasteiger partial charge is 0.462 e. The second-order valence-corrected chi connectivity index (χ2v) is 11.3. The number of thiophene rings is 2. The predicted octanol–water partition coefficient (Wildman–Crippen LogP) is 6.30. The van der Waals surface area contributed by atoms with Gasteiger partial charge in [0, 0.05) is 16.0 Å². The van der Waals surface area contributed by atoms with E-state index >= 15 is 0 Å². The Labute approximate surface area is 207 Å². The number of nitrogens with zero attached hydrogens (tertiary/aromatic N) is 1. The van der Waals surface area contributed by atoms with Crippen LogP contribution in [0.1, 0.15) is 93.6 Å². The van der Waals surface area contributed by atoms with Crippen molar-refractivity contribution in [3.05, 3.63) is 38.2 Å². The van der Waals surface area contributed by atoms with Crippen LogP contribution in [0.3, 0.4) is 0 Å². The summed E-state index contributed by atoms with van der Waals surface area (Å²) in [5.41, 5.74) is 10.9. The number of carbonyl (C=O) groups is 2. The van der Waals surface area contributed by atoms with Crippen molar-refractivity contribution in [1.29, 1.82) is 0 Å². The summed E-state index contributed by atoms with van der Waals surface area (Å²) in [7, 11) is 0. The molecule has 0 saturated carbocycles. The molecule has 3 aromatic rings. The number of nitrogens with one attached hydrogen (secondary N) is 1. The van der Waals surface area contributed by atoms with Gasteiger partial charge in [0.2, 0.25) is 0 Å². The third-order valence-corrected chi connectivity index (χ3v) is 9.15. The van der Waals surface area contributed by atoms with Gasteiger partial charge in [0.05, 0.1) is 17.9 Å². The molecular weight excluding hydrogens is 466 g/mol. The number of amides is 1. The van der Waals surface area contributed by atoms with Gasteiger partial charge in [0.25, 0.3) is 5.91 Å². The van der Waals surface area contributed by atoms with E-state index in [2.05, 4.69) is 11.4 Å². The van der Waals surface area contributed by atoms with Crippen molar-refractivity contribution in [3.63, 3.8) is 0 Å². The van der Waals surface area contributed by atoms with Crippen LogP contribution < -0.4 is 11.1 Å². The first kappa shape index (κ1) is 23.3. The molecule has 6 nitrogen and oxygen atoms in total. The number of pyridine rings is 1. The van der Waals surface area contributed by atoms with Crippen LogP contribution in [-0.2, 0) is 30.4 Å². The number of aryl methyl sites for hydroxylation is 3. The van der Waals surface area contributed by atoms with Crippen molar-refractivity contribution in [2.75, 3.05) is 17.7 Å². The molecule has 2 aliphatic carbocycles. The minimum Gasteiger partial charge on any atom is -0.462 e. The van der Waals surface area contributed by atoms with Gasteiger partial charge in [-0.15, -0.1) is 22.7 Å². The highest BCUT2D eigenvalue weighted by Gasteiger charge is 2.28. The summed E-state index contributed by atoms with van der Waals surface area (Å²) in [6, 6.07) is 2.14. The Morgan fingerprint density at radius 2 is 1.76 bits per heavy atom. The molecule has 0 unspecified atom stereocenters. The molecule has 5 rings (SSSR count).